The molecule has 0 saturated carbocycles. The summed E-state index contributed by atoms with van der Waals surface area (Å²) in [7, 11) is 0. The second kappa shape index (κ2) is 11.3. The molecule has 4 aromatic rings. The quantitative estimate of drug-likeness (QED) is 0.305. The molecular formula is C32H38FN7O3. The van der Waals surface area contributed by atoms with Gasteiger partial charge in [0.15, 0.2) is 12.0 Å². The van der Waals surface area contributed by atoms with Crippen LogP contribution in [-0.2, 0) is 9.47 Å². The summed E-state index contributed by atoms with van der Waals surface area (Å²) in [6.07, 6.45) is 11.9. The van der Waals surface area contributed by atoms with E-state index in [4.69, 9.17) is 24.2 Å². The number of aromatic nitrogens is 5. The first-order chi connectivity index (χ1) is 21.2. The predicted octanol–water partition coefficient (Wildman–Crippen LogP) is 5.11. The van der Waals surface area contributed by atoms with E-state index in [1.165, 1.54) is 12.8 Å². The third kappa shape index (κ3) is 4.81. The standard InChI is InChI=1S/C32H38FN7O3/c33-27-28(22-7-3-8-25-23(22)20-35-40(25)26-9-1-2-17-42-26)34-19-24-29(27)36-31(37-30(24)38-12-6-16-41-18-15-38)43-21-32-10-4-13-39(32)14-5-11-32/h3,7-8,19-20,26H,1-2,4-6,9-18,21H2. The molecule has 1 aromatic carbocycles. The molecule has 0 spiro atoms. The van der Waals surface area contributed by atoms with Crippen LogP contribution in [0.3, 0.4) is 0 Å². The highest BCUT2D eigenvalue weighted by atomic mass is 19.1. The average Bonchev–Trinajstić information content (AvgIpc) is 3.69. The zero-order valence-electron chi connectivity index (χ0n) is 24.5. The Labute approximate surface area is 250 Å². The lowest BCUT2D eigenvalue weighted by Crippen LogP contribution is -2.43. The number of nitrogens with zero attached hydrogens (tertiary/aromatic N) is 7. The Balaban J connectivity index is 1.21. The lowest BCUT2D eigenvalue weighted by atomic mass is 9.95. The molecule has 8 rings (SSSR count). The molecule has 4 aliphatic heterocycles. The van der Waals surface area contributed by atoms with Crippen molar-refractivity contribution in [1.29, 1.82) is 0 Å². The van der Waals surface area contributed by atoms with E-state index in [-0.39, 0.29) is 29.0 Å². The molecule has 0 N–H and O–H groups in total. The normalized spacial score (nSPS) is 22.7. The number of benzene rings is 1. The zero-order chi connectivity index (χ0) is 28.8. The van der Waals surface area contributed by atoms with Gasteiger partial charge in [-0.3, -0.25) is 9.88 Å². The zero-order valence-corrected chi connectivity index (χ0v) is 24.5. The Morgan fingerprint density at radius 2 is 1.84 bits per heavy atom. The fourth-order valence-electron chi connectivity index (χ4n) is 7.56. The molecule has 0 amide bonds. The number of halogens is 1. The average molecular weight is 588 g/mol. The molecule has 4 fully saturated rings. The van der Waals surface area contributed by atoms with Gasteiger partial charge < -0.3 is 19.1 Å². The molecule has 0 radical (unpaired) electrons. The van der Waals surface area contributed by atoms with Crippen LogP contribution in [0, 0.1) is 5.82 Å². The van der Waals surface area contributed by atoms with Crippen LogP contribution in [0.4, 0.5) is 10.2 Å². The molecule has 4 aliphatic rings. The van der Waals surface area contributed by atoms with Gasteiger partial charge in [0.1, 0.15) is 23.6 Å². The van der Waals surface area contributed by atoms with E-state index in [0.29, 0.717) is 43.1 Å². The van der Waals surface area contributed by atoms with Gasteiger partial charge in [0.2, 0.25) is 0 Å². The van der Waals surface area contributed by atoms with Gasteiger partial charge in [-0.25, -0.2) is 9.07 Å². The smallest absolute Gasteiger partial charge is 0.319 e. The molecule has 226 valence electrons. The van der Waals surface area contributed by atoms with Crippen molar-refractivity contribution in [2.45, 2.75) is 63.1 Å². The molecule has 0 bridgehead atoms. The van der Waals surface area contributed by atoms with Crippen molar-refractivity contribution in [3.63, 3.8) is 0 Å². The van der Waals surface area contributed by atoms with Gasteiger partial charge in [0.05, 0.1) is 29.2 Å². The molecule has 10 nitrogen and oxygen atoms in total. The van der Waals surface area contributed by atoms with Crippen LogP contribution in [0.15, 0.2) is 30.6 Å². The van der Waals surface area contributed by atoms with E-state index in [1.807, 2.05) is 22.9 Å². The largest absolute Gasteiger partial charge is 0.461 e. The first kappa shape index (κ1) is 27.2. The van der Waals surface area contributed by atoms with Crippen molar-refractivity contribution in [2.75, 3.05) is 57.5 Å². The maximum absolute atomic E-state index is 16.7. The van der Waals surface area contributed by atoms with Crippen molar-refractivity contribution < 1.29 is 18.6 Å². The van der Waals surface area contributed by atoms with Gasteiger partial charge in [-0.15, -0.1) is 0 Å². The molecule has 7 heterocycles. The Morgan fingerprint density at radius 1 is 0.930 bits per heavy atom. The number of hydrogen-bond donors (Lipinski definition) is 0. The van der Waals surface area contributed by atoms with Crippen LogP contribution in [-0.4, -0.2) is 87.8 Å². The second-order valence-corrected chi connectivity index (χ2v) is 12.3. The monoisotopic (exact) mass is 587 g/mol. The fourth-order valence-corrected chi connectivity index (χ4v) is 7.56. The maximum Gasteiger partial charge on any atom is 0.319 e. The summed E-state index contributed by atoms with van der Waals surface area (Å²) in [5, 5.41) is 6.07. The predicted molar refractivity (Wildman–Crippen MR) is 161 cm³/mol. The number of hydrogen-bond acceptors (Lipinski definition) is 9. The molecule has 1 atom stereocenters. The molecule has 11 heteroatoms. The van der Waals surface area contributed by atoms with E-state index < -0.39 is 5.82 Å². The van der Waals surface area contributed by atoms with E-state index in [2.05, 4.69) is 19.9 Å². The summed E-state index contributed by atoms with van der Waals surface area (Å²) in [4.78, 5) is 18.9. The van der Waals surface area contributed by atoms with Crippen LogP contribution in [0.1, 0.15) is 57.6 Å². The highest BCUT2D eigenvalue weighted by Gasteiger charge is 2.45. The molecule has 43 heavy (non-hydrogen) atoms. The maximum atomic E-state index is 16.7. The van der Waals surface area contributed by atoms with E-state index in [0.717, 1.165) is 75.7 Å². The summed E-state index contributed by atoms with van der Waals surface area (Å²) in [5.74, 6) is 0.170. The summed E-state index contributed by atoms with van der Waals surface area (Å²) in [6.45, 7) is 6.16. The van der Waals surface area contributed by atoms with Crippen LogP contribution in [0.5, 0.6) is 6.01 Å². The molecule has 1 unspecified atom stereocenters. The van der Waals surface area contributed by atoms with Crippen molar-refractivity contribution in [3.8, 4) is 17.3 Å². The van der Waals surface area contributed by atoms with Crippen molar-refractivity contribution in [3.05, 3.63) is 36.4 Å². The van der Waals surface area contributed by atoms with E-state index in [1.54, 1.807) is 12.4 Å². The SMILES string of the molecule is Fc1c(-c2cccc3c2cnn3C2CCCCO2)ncc2c(N3CCCOCC3)nc(OCC34CCCN3CCC4)nc12. The number of rotatable bonds is 6. The lowest BCUT2D eigenvalue weighted by molar-refractivity contribution is -0.0366. The van der Waals surface area contributed by atoms with Crippen LogP contribution in [0.25, 0.3) is 33.1 Å². The summed E-state index contributed by atoms with van der Waals surface area (Å²) in [5.41, 5.74) is 2.08. The minimum absolute atomic E-state index is 0.0364. The lowest BCUT2D eigenvalue weighted by Gasteiger charge is -2.31. The van der Waals surface area contributed by atoms with Gasteiger partial charge >= 0.3 is 6.01 Å². The topological polar surface area (TPSA) is 90.7 Å². The van der Waals surface area contributed by atoms with Crippen LogP contribution in [0.2, 0.25) is 0 Å². The van der Waals surface area contributed by atoms with Gasteiger partial charge in [0.25, 0.3) is 0 Å². The van der Waals surface area contributed by atoms with Gasteiger partial charge in [-0.2, -0.15) is 15.1 Å². The summed E-state index contributed by atoms with van der Waals surface area (Å²) in [6, 6.07) is 6.05. The molecule has 0 aliphatic carbocycles. The molecule has 4 saturated heterocycles. The Morgan fingerprint density at radius 3 is 2.70 bits per heavy atom. The number of pyridine rings is 1. The van der Waals surface area contributed by atoms with E-state index in [9.17, 15) is 0 Å². The van der Waals surface area contributed by atoms with Crippen LogP contribution < -0.4 is 9.64 Å². The van der Waals surface area contributed by atoms with Crippen molar-refractivity contribution >= 4 is 27.6 Å². The second-order valence-electron chi connectivity index (χ2n) is 12.3. The Hall–Kier alpha value is -3.41. The first-order valence-corrected chi connectivity index (χ1v) is 15.9. The Kier molecular flexibility index (Phi) is 7.11. The van der Waals surface area contributed by atoms with Crippen molar-refractivity contribution in [2.24, 2.45) is 0 Å². The third-order valence-corrected chi connectivity index (χ3v) is 9.77. The fraction of sp³-hybridized carbons (Fsp3) is 0.562. The van der Waals surface area contributed by atoms with Crippen LogP contribution >= 0.6 is 0 Å². The Bertz CT molecular complexity index is 1620. The van der Waals surface area contributed by atoms with Gasteiger partial charge in [-0.05, 0) is 70.5 Å². The van der Waals surface area contributed by atoms with Crippen molar-refractivity contribution in [1.82, 2.24) is 29.6 Å². The van der Waals surface area contributed by atoms with Gasteiger partial charge in [0, 0.05) is 43.4 Å². The minimum atomic E-state index is -0.479. The number of anilines is 1. The number of ether oxygens (including phenoxy) is 3. The summed E-state index contributed by atoms with van der Waals surface area (Å²) >= 11 is 0. The van der Waals surface area contributed by atoms with E-state index >= 15 is 4.39 Å². The molecular weight excluding hydrogens is 549 g/mol. The first-order valence-electron chi connectivity index (χ1n) is 15.9. The number of fused-ring (bicyclic) bond motifs is 3. The molecule has 3 aromatic heterocycles. The minimum Gasteiger partial charge on any atom is -0.461 e. The highest BCUT2D eigenvalue weighted by molar-refractivity contribution is 5.97. The summed E-state index contributed by atoms with van der Waals surface area (Å²) < 4.78 is 36.7. The third-order valence-electron chi connectivity index (χ3n) is 9.77. The van der Waals surface area contributed by atoms with Gasteiger partial charge in [-0.1, -0.05) is 12.1 Å². The highest BCUT2D eigenvalue weighted by Crippen LogP contribution is 2.40.